The van der Waals surface area contributed by atoms with Crippen molar-refractivity contribution in [1.29, 1.82) is 0 Å². The van der Waals surface area contributed by atoms with Crippen LogP contribution < -0.4 is 15.6 Å². The molecule has 26 heavy (non-hydrogen) atoms. The third-order valence-corrected chi connectivity index (χ3v) is 5.33. The fraction of sp³-hybridized carbons (Fsp3) is 0.238. The molecule has 0 aliphatic rings. The number of aromatic nitrogens is 2. The number of rotatable bonds is 6. The van der Waals surface area contributed by atoms with Crippen LogP contribution in [0.4, 0.5) is 5.69 Å². The van der Waals surface area contributed by atoms with Crippen molar-refractivity contribution in [2.24, 2.45) is 14.1 Å². The lowest BCUT2D eigenvalue weighted by Gasteiger charge is -2.25. The van der Waals surface area contributed by atoms with Gasteiger partial charge in [-0.15, -0.1) is 0 Å². The van der Waals surface area contributed by atoms with Gasteiger partial charge in [-0.1, -0.05) is 41.3 Å². The number of carbonyl (C=O) groups excluding carboxylic acids is 1. The highest BCUT2D eigenvalue weighted by Gasteiger charge is 2.14. The fourth-order valence-corrected chi connectivity index (χ4v) is 3.56. The number of nitrogens with zero attached hydrogens (tertiary/aromatic N) is 2. The zero-order valence-electron chi connectivity index (χ0n) is 16.2. The minimum atomic E-state index is -0.495. The van der Waals surface area contributed by atoms with E-state index in [1.807, 2.05) is 24.3 Å². The standard InChI is InChI=1S/C21H26BN3O/c1-15-5-7-18(8-6-15)20(22-21-24(3)13-14-25(21)4)23-19-11-9-17(10-12-19)16(2)26/h5-14,20,23H,22H2,1-4H3. The van der Waals surface area contributed by atoms with Crippen LogP contribution in [-0.4, -0.2) is 17.6 Å². The Morgan fingerprint density at radius 3 is 2.31 bits per heavy atom. The predicted octanol–water partition coefficient (Wildman–Crippen LogP) is 1.97. The van der Waals surface area contributed by atoms with Gasteiger partial charge in [0.2, 0.25) is 0 Å². The number of imidazole rings is 1. The average molecular weight is 347 g/mol. The zero-order chi connectivity index (χ0) is 18.7. The lowest BCUT2D eigenvalue weighted by molar-refractivity contribution is -0.653. The zero-order valence-corrected chi connectivity index (χ0v) is 16.2. The molecule has 0 bridgehead atoms. The molecule has 1 N–H and O–H groups in total. The first-order chi connectivity index (χ1) is 12.4. The second-order valence-corrected chi connectivity index (χ2v) is 7.27. The fourth-order valence-electron chi connectivity index (χ4n) is 3.56. The molecule has 134 valence electrons. The number of carbonyl (C=O) groups is 1. The van der Waals surface area contributed by atoms with Crippen molar-refractivity contribution in [2.75, 3.05) is 5.32 Å². The molecule has 0 radical (unpaired) electrons. The third-order valence-electron chi connectivity index (χ3n) is 5.33. The molecule has 3 aromatic rings. The van der Waals surface area contributed by atoms with E-state index in [0.29, 0.717) is 0 Å². The molecule has 0 saturated carbocycles. The quantitative estimate of drug-likeness (QED) is 0.421. The predicted molar refractivity (Wildman–Crippen MR) is 109 cm³/mol. The van der Waals surface area contributed by atoms with Gasteiger partial charge in [-0.05, 0) is 38.1 Å². The van der Waals surface area contributed by atoms with Gasteiger partial charge in [0.05, 0.1) is 19.8 Å². The summed E-state index contributed by atoms with van der Waals surface area (Å²) in [5.74, 6) is 0.356. The van der Waals surface area contributed by atoms with Gasteiger partial charge in [0, 0.05) is 11.3 Å². The molecule has 2 aromatic carbocycles. The second kappa shape index (κ2) is 7.60. The minimum Gasteiger partial charge on any atom is -0.413 e. The normalized spacial score (nSPS) is 12.0. The van der Waals surface area contributed by atoms with Crippen molar-refractivity contribution in [2.45, 2.75) is 19.8 Å². The molecule has 5 heteroatoms. The molecule has 1 aromatic heterocycles. The minimum absolute atomic E-state index is 0.0934. The average Bonchev–Trinajstić information content (AvgIpc) is 2.94. The first-order valence-electron chi connectivity index (χ1n) is 9.19. The molecule has 1 unspecified atom stereocenters. The number of aryl methyl sites for hydroxylation is 3. The SMILES string of the molecule is CC(=O)c1ccc(NC([BH2-]c2n(C)cc[n+]2C)c2ccc(C)cc2)cc1. The number of hydrogen-bond donors (Lipinski definition) is 1. The van der Waals surface area contributed by atoms with Crippen LogP contribution in [0.1, 0.15) is 34.3 Å². The third kappa shape index (κ3) is 4.05. The molecule has 0 spiro atoms. The van der Waals surface area contributed by atoms with Crippen LogP contribution in [0.25, 0.3) is 0 Å². The van der Waals surface area contributed by atoms with Crippen molar-refractivity contribution in [3.05, 3.63) is 77.6 Å². The van der Waals surface area contributed by atoms with Gasteiger partial charge in [-0.2, -0.15) is 0 Å². The molecule has 3 rings (SSSR count). The lowest BCUT2D eigenvalue weighted by atomic mass is 9.65. The Morgan fingerprint density at radius 1 is 1.12 bits per heavy atom. The molecular formula is C21H26BN3O. The highest BCUT2D eigenvalue weighted by Crippen LogP contribution is 2.20. The van der Waals surface area contributed by atoms with E-state index in [1.165, 1.54) is 16.9 Å². The number of nitrogens with one attached hydrogen (secondary N) is 1. The number of anilines is 1. The van der Waals surface area contributed by atoms with Crippen LogP contribution in [0, 0.1) is 6.92 Å². The van der Waals surface area contributed by atoms with Gasteiger partial charge in [0.15, 0.2) is 5.78 Å². The van der Waals surface area contributed by atoms with E-state index in [9.17, 15) is 4.79 Å². The van der Waals surface area contributed by atoms with Gasteiger partial charge >= 0.3 is 0 Å². The van der Waals surface area contributed by atoms with Crippen LogP contribution in [0.15, 0.2) is 60.9 Å². The first-order valence-corrected chi connectivity index (χ1v) is 9.19. The summed E-state index contributed by atoms with van der Waals surface area (Å²) in [4.78, 5) is 11.5. The number of Topliss-reactive ketones (excluding diaryl/α,β-unsaturated/α-hetero) is 1. The van der Waals surface area contributed by atoms with E-state index in [1.54, 1.807) is 6.92 Å². The lowest BCUT2D eigenvalue weighted by Crippen LogP contribution is -2.52. The molecular weight excluding hydrogens is 321 g/mol. The molecule has 1 heterocycles. The van der Waals surface area contributed by atoms with Gasteiger partial charge < -0.3 is 5.32 Å². The summed E-state index contributed by atoms with van der Waals surface area (Å²) in [7, 11) is 3.71. The molecule has 0 amide bonds. The summed E-state index contributed by atoms with van der Waals surface area (Å²) in [5.41, 5.74) is 5.71. The van der Waals surface area contributed by atoms with E-state index in [4.69, 9.17) is 0 Å². The maximum atomic E-state index is 11.5. The van der Waals surface area contributed by atoms with E-state index in [-0.39, 0.29) is 11.7 Å². The van der Waals surface area contributed by atoms with Crippen molar-refractivity contribution in [3.8, 4) is 0 Å². The Bertz CT molecular complexity index is 879. The molecule has 1 atom stereocenters. The molecule has 0 aliphatic heterocycles. The van der Waals surface area contributed by atoms with Crippen molar-refractivity contribution >= 4 is 24.5 Å². The maximum Gasteiger partial charge on any atom is 0.159 e. The van der Waals surface area contributed by atoms with Crippen molar-refractivity contribution in [3.63, 3.8) is 0 Å². The summed E-state index contributed by atoms with van der Waals surface area (Å²) < 4.78 is 4.42. The Kier molecular flexibility index (Phi) is 5.26. The van der Waals surface area contributed by atoms with Crippen LogP contribution >= 0.6 is 0 Å². The summed E-state index contributed by atoms with van der Waals surface area (Å²) in [6.07, 6.45) is 4.21. The smallest absolute Gasteiger partial charge is 0.159 e. The van der Waals surface area contributed by atoms with E-state index >= 15 is 0 Å². The van der Waals surface area contributed by atoms with E-state index in [0.717, 1.165) is 11.3 Å². The van der Waals surface area contributed by atoms with Crippen LogP contribution in [0.3, 0.4) is 0 Å². The van der Waals surface area contributed by atoms with Gasteiger partial charge in [0.25, 0.3) is 0 Å². The van der Waals surface area contributed by atoms with E-state index in [2.05, 4.69) is 72.1 Å². The van der Waals surface area contributed by atoms with Crippen LogP contribution in [0.5, 0.6) is 0 Å². The number of hydrogen-bond acceptors (Lipinski definition) is 2. The first kappa shape index (κ1) is 18.0. The Labute approximate surface area is 155 Å². The maximum absolute atomic E-state index is 11.5. The van der Waals surface area contributed by atoms with E-state index < -0.39 is 7.28 Å². The highest BCUT2D eigenvalue weighted by atomic mass is 16.1. The molecule has 0 fully saturated rings. The van der Waals surface area contributed by atoms with Gasteiger partial charge in [-0.25, -0.2) is 0 Å². The highest BCUT2D eigenvalue weighted by molar-refractivity contribution is 6.52. The van der Waals surface area contributed by atoms with Gasteiger partial charge in [-0.3, -0.25) is 13.9 Å². The number of ketones is 1. The number of benzene rings is 2. The Morgan fingerprint density at radius 2 is 1.77 bits per heavy atom. The largest absolute Gasteiger partial charge is 0.413 e. The van der Waals surface area contributed by atoms with Crippen LogP contribution in [-0.2, 0) is 14.1 Å². The topological polar surface area (TPSA) is 37.9 Å². The Hall–Kier alpha value is -2.82. The Balaban J connectivity index is 1.89. The summed E-state index contributed by atoms with van der Waals surface area (Å²) in [6.45, 7) is 3.71. The van der Waals surface area contributed by atoms with Crippen LogP contribution in [0.2, 0.25) is 0 Å². The molecule has 0 saturated heterocycles. The summed E-state index contributed by atoms with van der Waals surface area (Å²) in [5, 5.41) is 3.69. The second-order valence-electron chi connectivity index (χ2n) is 7.27. The molecule has 0 aliphatic carbocycles. The van der Waals surface area contributed by atoms with Gasteiger partial charge in [0.1, 0.15) is 19.7 Å². The van der Waals surface area contributed by atoms with Crippen molar-refractivity contribution < 1.29 is 9.36 Å². The van der Waals surface area contributed by atoms with Crippen molar-refractivity contribution in [1.82, 2.24) is 4.57 Å². The molecule has 4 nitrogen and oxygen atoms in total. The monoisotopic (exact) mass is 347 g/mol. The summed E-state index contributed by atoms with van der Waals surface area (Å²) in [6, 6.07) is 16.5. The summed E-state index contributed by atoms with van der Waals surface area (Å²) >= 11 is 0.